The second-order valence-electron chi connectivity index (χ2n) is 4.00. The quantitative estimate of drug-likeness (QED) is 0.595. The van der Waals surface area contributed by atoms with E-state index in [1.807, 2.05) is 0 Å². The first kappa shape index (κ1) is 13.9. The minimum Gasteiger partial charge on any atom is -0.508 e. The summed E-state index contributed by atoms with van der Waals surface area (Å²) in [6, 6.07) is 5.21. The molecule has 0 amide bonds. The number of aromatic nitrogens is 2. The molecular weight excluding hydrogens is 273 g/mol. The number of phenolic OH excluding ortho intramolecular Hbond substituents is 1. The van der Waals surface area contributed by atoms with Crippen LogP contribution in [0.2, 0.25) is 0 Å². The van der Waals surface area contributed by atoms with Crippen LogP contribution in [0.25, 0.3) is 0 Å². The molecule has 0 spiro atoms. The van der Waals surface area contributed by atoms with E-state index in [1.54, 1.807) is 0 Å². The largest absolute Gasteiger partial charge is 0.508 e. The Morgan fingerprint density at radius 3 is 2.70 bits per heavy atom. The molecule has 0 fully saturated rings. The molecule has 0 radical (unpaired) electrons. The summed E-state index contributed by atoms with van der Waals surface area (Å²) in [4.78, 5) is 7.04. The lowest BCUT2D eigenvalue weighted by Crippen LogP contribution is -2.11. The molecule has 0 atom stereocenters. The zero-order valence-corrected chi connectivity index (χ0v) is 10.1. The molecule has 1 heterocycles. The third-order valence-electron chi connectivity index (χ3n) is 2.49. The average molecular weight is 284 g/mol. The summed E-state index contributed by atoms with van der Waals surface area (Å²) in [6.45, 7) is 0.0538. The number of halogens is 3. The summed E-state index contributed by atoms with van der Waals surface area (Å²) in [5, 5.41) is 12.2. The molecule has 106 valence electrons. The molecule has 1 aromatic carbocycles. The van der Waals surface area contributed by atoms with Crippen molar-refractivity contribution >= 4 is 11.6 Å². The van der Waals surface area contributed by atoms with Gasteiger partial charge in [0.25, 0.3) is 0 Å². The van der Waals surface area contributed by atoms with E-state index in [-0.39, 0.29) is 18.2 Å². The molecule has 0 aliphatic rings. The fourth-order valence-electron chi connectivity index (χ4n) is 1.52. The number of rotatable bonds is 3. The van der Waals surface area contributed by atoms with Gasteiger partial charge >= 0.3 is 6.18 Å². The van der Waals surface area contributed by atoms with Gasteiger partial charge in [-0.05, 0) is 24.3 Å². The van der Waals surface area contributed by atoms with E-state index in [2.05, 4.69) is 15.3 Å². The van der Waals surface area contributed by atoms with E-state index >= 15 is 0 Å². The second-order valence-corrected chi connectivity index (χ2v) is 4.00. The Labute approximate surface area is 112 Å². The molecule has 8 heteroatoms. The van der Waals surface area contributed by atoms with Gasteiger partial charge in [-0.2, -0.15) is 13.2 Å². The van der Waals surface area contributed by atoms with Gasteiger partial charge in [0.05, 0.1) is 0 Å². The van der Waals surface area contributed by atoms with E-state index in [9.17, 15) is 18.3 Å². The molecule has 0 unspecified atom stereocenters. The maximum absolute atomic E-state index is 12.5. The van der Waals surface area contributed by atoms with Crippen LogP contribution in [0.3, 0.4) is 0 Å². The number of phenols is 1. The van der Waals surface area contributed by atoms with E-state index in [0.717, 1.165) is 12.3 Å². The van der Waals surface area contributed by atoms with E-state index < -0.39 is 11.9 Å². The molecule has 5 nitrogen and oxygen atoms in total. The molecule has 0 saturated heterocycles. The number of nitrogens with two attached hydrogens (primary N) is 1. The third-order valence-corrected chi connectivity index (χ3v) is 2.49. The Kier molecular flexibility index (Phi) is 3.64. The van der Waals surface area contributed by atoms with Crippen molar-refractivity contribution in [1.29, 1.82) is 0 Å². The molecule has 0 bridgehead atoms. The lowest BCUT2D eigenvalue weighted by atomic mass is 10.2. The molecule has 0 aliphatic heterocycles. The van der Waals surface area contributed by atoms with Gasteiger partial charge in [0, 0.05) is 24.0 Å². The number of nitrogen functional groups attached to an aromatic ring is 1. The van der Waals surface area contributed by atoms with E-state index in [4.69, 9.17) is 5.73 Å². The van der Waals surface area contributed by atoms with Crippen LogP contribution in [0, 0.1) is 0 Å². The van der Waals surface area contributed by atoms with Gasteiger partial charge in [-0.15, -0.1) is 0 Å². The SMILES string of the molecule is Nc1ccc(O)c(CNc2nccc(C(F)(F)F)n2)c1. The minimum absolute atomic E-state index is 0.0151. The van der Waals surface area contributed by atoms with Gasteiger partial charge in [0.15, 0.2) is 0 Å². The number of nitrogens with zero attached hydrogens (tertiary/aromatic N) is 2. The van der Waals surface area contributed by atoms with E-state index in [0.29, 0.717) is 11.3 Å². The van der Waals surface area contributed by atoms with Crippen molar-refractivity contribution in [3.8, 4) is 5.75 Å². The van der Waals surface area contributed by atoms with Gasteiger partial charge in [0.2, 0.25) is 5.95 Å². The molecular formula is C12H11F3N4O. The standard InChI is InChI=1S/C12H11F3N4O/c13-12(14,15)10-3-4-17-11(19-10)18-6-7-5-8(16)1-2-9(7)20/h1-5,20H,6,16H2,(H,17,18,19). The molecule has 0 aliphatic carbocycles. The van der Waals surface area contributed by atoms with Crippen molar-refractivity contribution in [1.82, 2.24) is 9.97 Å². The molecule has 20 heavy (non-hydrogen) atoms. The number of anilines is 2. The summed E-state index contributed by atoms with van der Waals surface area (Å²) in [5.74, 6) is -0.194. The Hall–Kier alpha value is -2.51. The van der Waals surface area contributed by atoms with Crippen LogP contribution >= 0.6 is 0 Å². The van der Waals surface area contributed by atoms with Gasteiger partial charge in [-0.1, -0.05) is 0 Å². The Bertz CT molecular complexity index is 616. The highest BCUT2D eigenvalue weighted by molar-refractivity contribution is 5.48. The highest BCUT2D eigenvalue weighted by Crippen LogP contribution is 2.27. The molecule has 1 aromatic heterocycles. The molecule has 4 N–H and O–H groups in total. The van der Waals surface area contributed by atoms with Crippen molar-refractivity contribution in [3.05, 3.63) is 41.7 Å². The average Bonchev–Trinajstić information content (AvgIpc) is 2.39. The molecule has 2 rings (SSSR count). The first-order valence-electron chi connectivity index (χ1n) is 5.58. The summed E-state index contributed by atoms with van der Waals surface area (Å²) in [6.07, 6.45) is -3.52. The van der Waals surface area contributed by atoms with Crippen LogP contribution in [0.1, 0.15) is 11.3 Å². The fraction of sp³-hybridized carbons (Fsp3) is 0.167. The van der Waals surface area contributed by atoms with Crippen LogP contribution < -0.4 is 11.1 Å². The number of hydrogen-bond acceptors (Lipinski definition) is 5. The molecule has 2 aromatic rings. The lowest BCUT2D eigenvalue weighted by Gasteiger charge is -2.09. The first-order valence-corrected chi connectivity index (χ1v) is 5.58. The minimum atomic E-state index is -4.53. The summed E-state index contributed by atoms with van der Waals surface area (Å²) in [7, 11) is 0. The molecule has 0 saturated carbocycles. The van der Waals surface area contributed by atoms with E-state index in [1.165, 1.54) is 18.2 Å². The summed E-state index contributed by atoms with van der Waals surface area (Å²) in [5.41, 5.74) is 5.39. The fourth-order valence-corrected chi connectivity index (χ4v) is 1.52. The van der Waals surface area contributed by atoms with Crippen molar-refractivity contribution in [2.24, 2.45) is 0 Å². The van der Waals surface area contributed by atoms with Gasteiger partial charge < -0.3 is 16.2 Å². The number of alkyl halides is 3. The zero-order valence-electron chi connectivity index (χ0n) is 10.1. The Morgan fingerprint density at radius 2 is 2.00 bits per heavy atom. The number of benzene rings is 1. The lowest BCUT2D eigenvalue weighted by molar-refractivity contribution is -0.141. The van der Waals surface area contributed by atoms with Crippen molar-refractivity contribution in [2.45, 2.75) is 12.7 Å². The van der Waals surface area contributed by atoms with Crippen molar-refractivity contribution < 1.29 is 18.3 Å². The highest BCUT2D eigenvalue weighted by atomic mass is 19.4. The van der Waals surface area contributed by atoms with Crippen LogP contribution in [-0.4, -0.2) is 15.1 Å². The zero-order chi connectivity index (χ0) is 14.8. The Balaban J connectivity index is 2.13. The summed E-state index contributed by atoms with van der Waals surface area (Å²) < 4.78 is 37.4. The smallest absolute Gasteiger partial charge is 0.433 e. The van der Waals surface area contributed by atoms with Gasteiger partial charge in [-0.25, -0.2) is 9.97 Å². The predicted molar refractivity (Wildman–Crippen MR) is 66.9 cm³/mol. The Morgan fingerprint density at radius 1 is 1.25 bits per heavy atom. The van der Waals surface area contributed by atoms with Crippen molar-refractivity contribution in [2.75, 3.05) is 11.1 Å². The normalized spacial score (nSPS) is 11.3. The van der Waals surface area contributed by atoms with Crippen LogP contribution in [0.5, 0.6) is 5.75 Å². The van der Waals surface area contributed by atoms with Crippen molar-refractivity contribution in [3.63, 3.8) is 0 Å². The number of nitrogens with one attached hydrogen (secondary N) is 1. The van der Waals surface area contributed by atoms with Gasteiger partial charge in [-0.3, -0.25) is 0 Å². The van der Waals surface area contributed by atoms with Crippen LogP contribution in [0.4, 0.5) is 24.8 Å². The highest BCUT2D eigenvalue weighted by Gasteiger charge is 2.32. The predicted octanol–water partition coefficient (Wildman–Crippen LogP) is 2.40. The van der Waals surface area contributed by atoms with Gasteiger partial charge in [0.1, 0.15) is 11.4 Å². The summed E-state index contributed by atoms with van der Waals surface area (Å²) >= 11 is 0. The number of aromatic hydroxyl groups is 1. The number of hydrogen-bond donors (Lipinski definition) is 3. The monoisotopic (exact) mass is 284 g/mol. The third kappa shape index (κ3) is 3.28. The van der Waals surface area contributed by atoms with Crippen LogP contribution in [0.15, 0.2) is 30.5 Å². The maximum atomic E-state index is 12.5. The maximum Gasteiger partial charge on any atom is 0.433 e. The van der Waals surface area contributed by atoms with Crippen LogP contribution in [-0.2, 0) is 12.7 Å². The first-order chi connectivity index (χ1) is 9.36. The topological polar surface area (TPSA) is 84.1 Å². The second kappa shape index (κ2) is 5.24.